The predicted molar refractivity (Wildman–Crippen MR) is 75.6 cm³/mol. The molecule has 0 aromatic carbocycles. The zero-order valence-corrected chi connectivity index (χ0v) is 11.9. The molecule has 1 amide bonds. The van der Waals surface area contributed by atoms with Gasteiger partial charge in [-0.25, -0.2) is 4.98 Å². The predicted octanol–water partition coefficient (Wildman–Crippen LogP) is 0.155. The molecule has 0 radical (unpaired) electrons. The van der Waals surface area contributed by atoms with E-state index in [4.69, 9.17) is 10.5 Å². The van der Waals surface area contributed by atoms with Crippen LogP contribution in [0.1, 0.15) is 18.7 Å². The van der Waals surface area contributed by atoms with Crippen molar-refractivity contribution in [1.29, 1.82) is 0 Å². The summed E-state index contributed by atoms with van der Waals surface area (Å²) in [6.45, 7) is 3.90. The molecule has 0 spiro atoms. The summed E-state index contributed by atoms with van der Waals surface area (Å²) >= 11 is 0. The van der Waals surface area contributed by atoms with E-state index in [1.165, 1.54) is 0 Å². The molecule has 0 saturated carbocycles. The van der Waals surface area contributed by atoms with Crippen LogP contribution >= 0.6 is 0 Å². The van der Waals surface area contributed by atoms with Crippen molar-refractivity contribution >= 4 is 11.7 Å². The van der Waals surface area contributed by atoms with Crippen molar-refractivity contribution in [3.63, 3.8) is 0 Å². The van der Waals surface area contributed by atoms with E-state index in [0.717, 1.165) is 31.7 Å². The number of piperidine rings is 1. The summed E-state index contributed by atoms with van der Waals surface area (Å²) < 4.78 is 5.13. The lowest BCUT2D eigenvalue weighted by molar-refractivity contribution is -0.119. The molecule has 2 rings (SSSR count). The Morgan fingerprint density at radius 2 is 2.20 bits per heavy atom. The van der Waals surface area contributed by atoms with Gasteiger partial charge in [0, 0.05) is 25.2 Å². The summed E-state index contributed by atoms with van der Waals surface area (Å²) in [6.07, 6.45) is 1.91. The van der Waals surface area contributed by atoms with Gasteiger partial charge in [0.1, 0.15) is 11.6 Å². The van der Waals surface area contributed by atoms with E-state index in [9.17, 15) is 4.79 Å². The minimum Gasteiger partial charge on any atom is -0.481 e. The number of carbonyl (C=O) groups is 1. The molecule has 20 heavy (non-hydrogen) atoms. The maximum absolute atomic E-state index is 10.9. The number of anilines is 1. The van der Waals surface area contributed by atoms with Crippen LogP contribution in [-0.2, 0) is 4.79 Å². The van der Waals surface area contributed by atoms with Gasteiger partial charge in [-0.1, -0.05) is 0 Å². The van der Waals surface area contributed by atoms with Crippen LogP contribution < -0.4 is 15.8 Å². The third-order valence-electron chi connectivity index (χ3n) is 3.34. The maximum Gasteiger partial charge on any atom is 0.231 e. The molecule has 1 aliphatic rings. The second-order valence-corrected chi connectivity index (χ2v) is 5.00. The molecule has 0 bridgehead atoms. The van der Waals surface area contributed by atoms with Crippen LogP contribution in [0, 0.1) is 6.92 Å². The molecule has 0 atom stereocenters. The number of likely N-dealkylation sites (tertiary alicyclic amines) is 1. The van der Waals surface area contributed by atoms with Gasteiger partial charge in [0.25, 0.3) is 0 Å². The average molecular weight is 279 g/mol. The van der Waals surface area contributed by atoms with Crippen LogP contribution in [0.25, 0.3) is 0 Å². The number of primary amides is 1. The first-order valence-electron chi connectivity index (χ1n) is 6.73. The number of aromatic nitrogens is 2. The fourth-order valence-electron chi connectivity index (χ4n) is 2.38. The molecule has 1 aromatic rings. The van der Waals surface area contributed by atoms with Crippen molar-refractivity contribution in [3.8, 4) is 5.88 Å². The van der Waals surface area contributed by atoms with Crippen molar-refractivity contribution in [2.75, 3.05) is 32.1 Å². The molecule has 7 nitrogen and oxygen atoms in total. The number of amides is 1. The van der Waals surface area contributed by atoms with E-state index in [0.29, 0.717) is 24.3 Å². The normalized spacial score (nSPS) is 16.9. The van der Waals surface area contributed by atoms with E-state index in [1.807, 2.05) is 6.92 Å². The number of ether oxygens (including phenoxy) is 1. The van der Waals surface area contributed by atoms with Crippen molar-refractivity contribution in [2.45, 2.75) is 25.8 Å². The Morgan fingerprint density at radius 1 is 1.50 bits per heavy atom. The lowest BCUT2D eigenvalue weighted by Gasteiger charge is -2.31. The van der Waals surface area contributed by atoms with Crippen LogP contribution in [0.2, 0.25) is 0 Å². The zero-order chi connectivity index (χ0) is 14.5. The topological polar surface area (TPSA) is 93.4 Å². The standard InChI is InChI=1S/C13H21N5O2/c1-9-15-12(7-13(16-9)20-2)17-10-3-5-18(6-4-10)8-11(14)19/h7,10H,3-6,8H2,1-2H3,(H2,14,19)(H,15,16,17). The highest BCUT2D eigenvalue weighted by molar-refractivity contribution is 5.75. The van der Waals surface area contributed by atoms with Gasteiger partial charge in [0.15, 0.2) is 0 Å². The van der Waals surface area contributed by atoms with E-state index < -0.39 is 0 Å². The summed E-state index contributed by atoms with van der Waals surface area (Å²) in [5.41, 5.74) is 5.20. The minimum absolute atomic E-state index is 0.271. The van der Waals surface area contributed by atoms with Crippen molar-refractivity contribution in [2.24, 2.45) is 5.73 Å². The van der Waals surface area contributed by atoms with Crippen molar-refractivity contribution in [3.05, 3.63) is 11.9 Å². The zero-order valence-electron chi connectivity index (χ0n) is 11.9. The number of aryl methyl sites for hydroxylation is 1. The molecular weight excluding hydrogens is 258 g/mol. The summed E-state index contributed by atoms with van der Waals surface area (Å²) in [5, 5.41) is 3.40. The SMILES string of the molecule is COc1cc(NC2CCN(CC(N)=O)CC2)nc(C)n1. The number of hydrogen-bond acceptors (Lipinski definition) is 6. The molecule has 3 N–H and O–H groups in total. The van der Waals surface area contributed by atoms with E-state index in [2.05, 4.69) is 20.2 Å². The minimum atomic E-state index is -0.271. The van der Waals surface area contributed by atoms with Crippen LogP contribution in [0.3, 0.4) is 0 Å². The highest BCUT2D eigenvalue weighted by Gasteiger charge is 2.20. The van der Waals surface area contributed by atoms with Crippen LogP contribution in [0.5, 0.6) is 5.88 Å². The van der Waals surface area contributed by atoms with Gasteiger partial charge in [-0.2, -0.15) is 4.98 Å². The third-order valence-corrected chi connectivity index (χ3v) is 3.34. The summed E-state index contributed by atoms with van der Waals surface area (Å²) in [7, 11) is 1.59. The molecule has 0 unspecified atom stereocenters. The fraction of sp³-hybridized carbons (Fsp3) is 0.615. The lowest BCUT2D eigenvalue weighted by Crippen LogP contribution is -2.43. The molecule has 1 aromatic heterocycles. The lowest BCUT2D eigenvalue weighted by atomic mass is 10.1. The second-order valence-electron chi connectivity index (χ2n) is 5.00. The number of carbonyl (C=O) groups excluding carboxylic acids is 1. The molecule has 1 aliphatic heterocycles. The number of rotatable bonds is 5. The number of nitrogens with one attached hydrogen (secondary N) is 1. The van der Waals surface area contributed by atoms with Gasteiger partial charge in [0.05, 0.1) is 13.7 Å². The summed E-state index contributed by atoms with van der Waals surface area (Å²) in [5.74, 6) is 1.75. The molecule has 1 saturated heterocycles. The molecule has 2 heterocycles. The number of methoxy groups -OCH3 is 1. The molecule has 7 heteroatoms. The highest BCUT2D eigenvalue weighted by Crippen LogP contribution is 2.18. The Morgan fingerprint density at radius 3 is 2.80 bits per heavy atom. The van der Waals surface area contributed by atoms with Gasteiger partial charge in [0.2, 0.25) is 11.8 Å². The van der Waals surface area contributed by atoms with E-state index >= 15 is 0 Å². The van der Waals surface area contributed by atoms with Gasteiger partial charge in [-0.15, -0.1) is 0 Å². The van der Waals surface area contributed by atoms with Crippen LogP contribution in [0.15, 0.2) is 6.07 Å². The number of nitrogens with zero attached hydrogens (tertiary/aromatic N) is 3. The Labute approximate surface area is 118 Å². The maximum atomic E-state index is 10.9. The van der Waals surface area contributed by atoms with Crippen LogP contribution in [0.4, 0.5) is 5.82 Å². The Bertz CT molecular complexity index is 472. The van der Waals surface area contributed by atoms with Crippen LogP contribution in [-0.4, -0.2) is 53.6 Å². The molecule has 0 aliphatic carbocycles. The summed E-state index contributed by atoms with van der Waals surface area (Å²) in [4.78, 5) is 21.5. The third kappa shape index (κ3) is 4.06. The fourth-order valence-corrected chi connectivity index (χ4v) is 2.38. The first-order chi connectivity index (χ1) is 9.56. The molecule has 1 fully saturated rings. The van der Waals surface area contributed by atoms with Crippen molar-refractivity contribution < 1.29 is 9.53 Å². The molecule has 110 valence electrons. The highest BCUT2D eigenvalue weighted by atomic mass is 16.5. The summed E-state index contributed by atoms with van der Waals surface area (Å²) in [6, 6.07) is 2.14. The number of hydrogen-bond donors (Lipinski definition) is 2. The van der Waals surface area contributed by atoms with Gasteiger partial charge in [-0.05, 0) is 19.8 Å². The van der Waals surface area contributed by atoms with E-state index in [1.54, 1.807) is 13.2 Å². The Balaban J connectivity index is 1.89. The first kappa shape index (κ1) is 14.5. The van der Waals surface area contributed by atoms with Gasteiger partial charge >= 0.3 is 0 Å². The Kier molecular flexibility index (Phi) is 4.73. The van der Waals surface area contributed by atoms with Gasteiger partial charge in [-0.3, -0.25) is 9.69 Å². The Hall–Kier alpha value is -1.89. The molecular formula is C13H21N5O2. The second kappa shape index (κ2) is 6.51. The monoisotopic (exact) mass is 279 g/mol. The first-order valence-corrected chi connectivity index (χ1v) is 6.73. The van der Waals surface area contributed by atoms with Gasteiger partial charge < -0.3 is 15.8 Å². The average Bonchev–Trinajstić information content (AvgIpc) is 2.39. The largest absolute Gasteiger partial charge is 0.481 e. The quantitative estimate of drug-likeness (QED) is 0.797. The van der Waals surface area contributed by atoms with Crippen molar-refractivity contribution in [1.82, 2.24) is 14.9 Å². The smallest absolute Gasteiger partial charge is 0.231 e. The number of nitrogens with two attached hydrogens (primary N) is 1. The van der Waals surface area contributed by atoms with E-state index in [-0.39, 0.29) is 5.91 Å².